The van der Waals surface area contributed by atoms with E-state index < -0.39 is 0 Å². The van der Waals surface area contributed by atoms with Gasteiger partial charge in [0.05, 0.1) is 6.10 Å². The summed E-state index contributed by atoms with van der Waals surface area (Å²) in [6.45, 7) is 3.74. The predicted octanol–water partition coefficient (Wildman–Crippen LogP) is 2.25. The number of para-hydroxylation sites is 1. The summed E-state index contributed by atoms with van der Waals surface area (Å²) in [5.41, 5.74) is 1.27. The third-order valence-corrected chi connectivity index (χ3v) is 4.15. The second kappa shape index (κ2) is 10.1. The van der Waals surface area contributed by atoms with Crippen molar-refractivity contribution in [3.8, 4) is 0 Å². The first kappa shape index (κ1) is 17.6. The Kier molecular flexibility index (Phi) is 7.73. The van der Waals surface area contributed by atoms with Gasteiger partial charge in [0, 0.05) is 46.0 Å². The molecule has 2 rings (SSSR count). The van der Waals surface area contributed by atoms with E-state index in [0.29, 0.717) is 6.10 Å². The maximum Gasteiger partial charge on any atom is 0.191 e. The lowest BCUT2D eigenvalue weighted by atomic mass is 10.2. The zero-order chi connectivity index (χ0) is 16.3. The Labute approximate surface area is 140 Å². The van der Waals surface area contributed by atoms with Gasteiger partial charge in [-0.05, 0) is 37.8 Å². The molecular weight excluding hydrogens is 288 g/mol. The molecule has 0 radical (unpaired) electrons. The van der Waals surface area contributed by atoms with Gasteiger partial charge in [-0.1, -0.05) is 18.2 Å². The summed E-state index contributed by atoms with van der Waals surface area (Å²) in [6.07, 6.45) is 4.94. The van der Waals surface area contributed by atoms with E-state index in [1.54, 1.807) is 0 Å². The van der Waals surface area contributed by atoms with Crippen molar-refractivity contribution in [2.45, 2.75) is 31.8 Å². The predicted molar refractivity (Wildman–Crippen MR) is 97.3 cm³/mol. The average molecular weight is 318 g/mol. The molecule has 1 aromatic rings. The fraction of sp³-hybridized carbons (Fsp3) is 0.611. The summed E-state index contributed by atoms with van der Waals surface area (Å²) < 4.78 is 5.61. The van der Waals surface area contributed by atoms with Gasteiger partial charge in [-0.25, -0.2) is 0 Å². The molecule has 1 unspecified atom stereocenters. The van der Waals surface area contributed by atoms with Crippen molar-refractivity contribution < 1.29 is 4.74 Å². The van der Waals surface area contributed by atoms with E-state index in [1.807, 2.05) is 7.05 Å². The van der Waals surface area contributed by atoms with Crippen LogP contribution in [0.3, 0.4) is 0 Å². The minimum absolute atomic E-state index is 0.341. The number of nitrogens with one attached hydrogen (secondary N) is 2. The number of benzene rings is 1. The molecule has 23 heavy (non-hydrogen) atoms. The molecule has 1 atom stereocenters. The number of hydrogen-bond donors (Lipinski definition) is 2. The summed E-state index contributed by atoms with van der Waals surface area (Å²) in [6, 6.07) is 10.5. The van der Waals surface area contributed by atoms with Crippen molar-refractivity contribution in [1.82, 2.24) is 10.6 Å². The van der Waals surface area contributed by atoms with Crippen molar-refractivity contribution in [3.05, 3.63) is 30.3 Å². The zero-order valence-corrected chi connectivity index (χ0v) is 14.4. The summed E-state index contributed by atoms with van der Waals surface area (Å²) in [5.74, 6) is 0.872. The lowest BCUT2D eigenvalue weighted by molar-refractivity contribution is 0.114. The molecule has 2 N–H and O–H groups in total. The molecule has 128 valence electrons. The number of anilines is 1. The molecule has 5 nitrogen and oxygen atoms in total. The molecule has 5 heteroatoms. The van der Waals surface area contributed by atoms with Crippen LogP contribution in [0, 0.1) is 0 Å². The maximum absolute atomic E-state index is 5.61. The van der Waals surface area contributed by atoms with Crippen LogP contribution in [0.1, 0.15) is 25.7 Å². The second-order valence-corrected chi connectivity index (χ2v) is 5.98. The summed E-state index contributed by atoms with van der Waals surface area (Å²) >= 11 is 0. The lowest BCUT2D eigenvalue weighted by Gasteiger charge is -2.19. The van der Waals surface area contributed by atoms with Gasteiger partial charge in [-0.3, -0.25) is 4.99 Å². The highest BCUT2D eigenvalue weighted by Crippen LogP contribution is 2.11. The molecule has 1 saturated heterocycles. The standard InChI is InChI=1S/C18H30N4O/c1-19-18(21-15-17-11-8-14-23-17)20-12-6-7-13-22(2)16-9-4-3-5-10-16/h3-5,9-10,17H,6-8,11-15H2,1-2H3,(H2,19,20,21). The number of ether oxygens (including phenoxy) is 1. The van der Waals surface area contributed by atoms with Gasteiger partial charge in [0.15, 0.2) is 5.96 Å². The normalized spacial score (nSPS) is 18.0. The maximum atomic E-state index is 5.61. The molecule has 0 saturated carbocycles. The zero-order valence-electron chi connectivity index (χ0n) is 14.4. The first-order valence-electron chi connectivity index (χ1n) is 8.62. The van der Waals surface area contributed by atoms with E-state index in [2.05, 4.69) is 57.9 Å². The van der Waals surface area contributed by atoms with Gasteiger partial charge >= 0.3 is 0 Å². The number of rotatable bonds is 8. The molecule has 1 fully saturated rings. The molecule has 1 aliphatic rings. The first-order valence-corrected chi connectivity index (χ1v) is 8.62. The van der Waals surface area contributed by atoms with Crippen LogP contribution < -0.4 is 15.5 Å². The Hall–Kier alpha value is -1.75. The van der Waals surface area contributed by atoms with Crippen LogP contribution in [-0.2, 0) is 4.74 Å². The van der Waals surface area contributed by atoms with Crippen LogP contribution in [-0.4, -0.2) is 52.4 Å². The Morgan fingerprint density at radius 3 is 2.78 bits per heavy atom. The summed E-state index contributed by atoms with van der Waals surface area (Å²) in [4.78, 5) is 6.55. The molecular formula is C18H30N4O. The quantitative estimate of drug-likeness (QED) is 0.438. The molecule has 0 bridgehead atoms. The second-order valence-electron chi connectivity index (χ2n) is 5.98. The Bertz CT molecular complexity index is 457. The molecule has 1 aliphatic heterocycles. The molecule has 0 aromatic heterocycles. The van der Waals surface area contributed by atoms with Gasteiger partial charge in [0.25, 0.3) is 0 Å². The Morgan fingerprint density at radius 1 is 1.26 bits per heavy atom. The molecule has 1 aromatic carbocycles. The molecule has 0 amide bonds. The van der Waals surface area contributed by atoms with Crippen LogP contribution in [0.4, 0.5) is 5.69 Å². The third-order valence-electron chi connectivity index (χ3n) is 4.15. The summed E-state index contributed by atoms with van der Waals surface area (Å²) in [5, 5.41) is 6.71. The topological polar surface area (TPSA) is 48.9 Å². The number of aliphatic imine (C=N–C) groups is 1. The van der Waals surface area contributed by atoms with Crippen molar-refractivity contribution in [2.75, 3.05) is 45.2 Å². The Morgan fingerprint density at radius 2 is 2.09 bits per heavy atom. The van der Waals surface area contributed by atoms with E-state index >= 15 is 0 Å². The van der Waals surface area contributed by atoms with Crippen molar-refractivity contribution >= 4 is 11.6 Å². The smallest absolute Gasteiger partial charge is 0.191 e. The fourth-order valence-corrected chi connectivity index (χ4v) is 2.73. The highest BCUT2D eigenvalue weighted by Gasteiger charge is 2.15. The average Bonchev–Trinajstić information content (AvgIpc) is 3.11. The van der Waals surface area contributed by atoms with E-state index in [-0.39, 0.29) is 0 Å². The van der Waals surface area contributed by atoms with Crippen LogP contribution in [0.5, 0.6) is 0 Å². The molecule has 0 spiro atoms. The van der Waals surface area contributed by atoms with Crippen LogP contribution >= 0.6 is 0 Å². The SMILES string of the molecule is CN=C(NCCCCN(C)c1ccccc1)NCC1CCCO1. The number of hydrogen-bond acceptors (Lipinski definition) is 3. The van der Waals surface area contributed by atoms with Gasteiger partial charge < -0.3 is 20.3 Å². The number of unbranched alkanes of at least 4 members (excludes halogenated alkanes) is 1. The van der Waals surface area contributed by atoms with Gasteiger partial charge in [0.1, 0.15) is 0 Å². The van der Waals surface area contributed by atoms with E-state index in [0.717, 1.165) is 51.5 Å². The highest BCUT2D eigenvalue weighted by atomic mass is 16.5. The van der Waals surface area contributed by atoms with E-state index in [9.17, 15) is 0 Å². The third kappa shape index (κ3) is 6.48. The minimum Gasteiger partial charge on any atom is -0.376 e. The van der Waals surface area contributed by atoms with E-state index in [1.165, 1.54) is 12.1 Å². The summed E-state index contributed by atoms with van der Waals surface area (Å²) in [7, 11) is 3.96. The minimum atomic E-state index is 0.341. The monoisotopic (exact) mass is 318 g/mol. The van der Waals surface area contributed by atoms with Crippen LogP contribution in [0.2, 0.25) is 0 Å². The molecule has 1 heterocycles. The largest absolute Gasteiger partial charge is 0.376 e. The highest BCUT2D eigenvalue weighted by molar-refractivity contribution is 5.79. The fourth-order valence-electron chi connectivity index (χ4n) is 2.73. The van der Waals surface area contributed by atoms with Crippen molar-refractivity contribution in [2.24, 2.45) is 4.99 Å². The van der Waals surface area contributed by atoms with Gasteiger partial charge in [0.2, 0.25) is 0 Å². The van der Waals surface area contributed by atoms with Crippen LogP contribution in [0.15, 0.2) is 35.3 Å². The van der Waals surface area contributed by atoms with Crippen LogP contribution in [0.25, 0.3) is 0 Å². The number of nitrogens with zero attached hydrogens (tertiary/aromatic N) is 2. The molecule has 0 aliphatic carbocycles. The Balaban J connectivity index is 1.55. The lowest BCUT2D eigenvalue weighted by Crippen LogP contribution is -2.41. The van der Waals surface area contributed by atoms with Gasteiger partial charge in [-0.2, -0.15) is 0 Å². The van der Waals surface area contributed by atoms with Gasteiger partial charge in [-0.15, -0.1) is 0 Å². The van der Waals surface area contributed by atoms with Crippen molar-refractivity contribution in [1.29, 1.82) is 0 Å². The van der Waals surface area contributed by atoms with Crippen molar-refractivity contribution in [3.63, 3.8) is 0 Å². The first-order chi connectivity index (χ1) is 11.3. The van der Waals surface area contributed by atoms with E-state index in [4.69, 9.17) is 4.74 Å². The number of guanidine groups is 1.